The molecule has 3 rings (SSSR count). The van der Waals surface area contributed by atoms with Crippen LogP contribution in [0.4, 0.5) is 5.69 Å². The van der Waals surface area contributed by atoms with E-state index in [-0.39, 0.29) is 18.5 Å². The van der Waals surface area contributed by atoms with Gasteiger partial charge in [0.05, 0.1) is 17.3 Å². The highest BCUT2D eigenvalue weighted by Gasteiger charge is 2.11. The van der Waals surface area contributed by atoms with Gasteiger partial charge in [0.25, 0.3) is 0 Å². The summed E-state index contributed by atoms with van der Waals surface area (Å²) in [6.45, 7) is 2.23. The van der Waals surface area contributed by atoms with Crippen molar-refractivity contribution in [3.8, 4) is 0 Å². The maximum atomic E-state index is 12.2. The standard InChI is InChI=1S/C20H18Cl2N2O/c1-13(16-8-4-6-14-5-2-3-7-17(14)16)23-12-20(25)24-19-10-9-15(21)11-18(19)22/h2-11,13,23H,12H2,1H3,(H,24,25)/t13-/m0/s1. The maximum absolute atomic E-state index is 12.2. The summed E-state index contributed by atoms with van der Waals surface area (Å²) in [5.74, 6) is -0.156. The zero-order valence-electron chi connectivity index (χ0n) is 13.7. The smallest absolute Gasteiger partial charge is 0.238 e. The fourth-order valence-electron chi connectivity index (χ4n) is 2.77. The monoisotopic (exact) mass is 372 g/mol. The Bertz CT molecular complexity index is 906. The Morgan fingerprint density at radius 2 is 1.80 bits per heavy atom. The number of anilines is 1. The molecule has 0 saturated carbocycles. The van der Waals surface area contributed by atoms with Crippen LogP contribution < -0.4 is 10.6 Å². The fourth-order valence-corrected chi connectivity index (χ4v) is 3.22. The number of hydrogen-bond acceptors (Lipinski definition) is 2. The average Bonchev–Trinajstić information content (AvgIpc) is 2.61. The zero-order chi connectivity index (χ0) is 17.8. The summed E-state index contributed by atoms with van der Waals surface area (Å²) in [6, 6.07) is 19.4. The molecule has 128 valence electrons. The number of halogens is 2. The van der Waals surface area contributed by atoms with Gasteiger partial charge in [-0.1, -0.05) is 65.7 Å². The molecule has 25 heavy (non-hydrogen) atoms. The van der Waals surface area contributed by atoms with Gasteiger partial charge in [0.15, 0.2) is 0 Å². The molecule has 5 heteroatoms. The van der Waals surface area contributed by atoms with Crippen molar-refractivity contribution in [2.75, 3.05) is 11.9 Å². The summed E-state index contributed by atoms with van der Waals surface area (Å²) in [7, 11) is 0. The summed E-state index contributed by atoms with van der Waals surface area (Å²) < 4.78 is 0. The Balaban J connectivity index is 1.65. The van der Waals surface area contributed by atoms with Crippen LogP contribution in [0.25, 0.3) is 10.8 Å². The van der Waals surface area contributed by atoms with Crippen molar-refractivity contribution in [2.24, 2.45) is 0 Å². The van der Waals surface area contributed by atoms with Gasteiger partial charge in [-0.15, -0.1) is 0 Å². The van der Waals surface area contributed by atoms with Crippen molar-refractivity contribution in [3.05, 3.63) is 76.3 Å². The molecule has 3 nitrogen and oxygen atoms in total. The number of benzene rings is 3. The molecule has 0 heterocycles. The molecule has 0 aromatic heterocycles. The molecule has 0 bridgehead atoms. The lowest BCUT2D eigenvalue weighted by molar-refractivity contribution is -0.115. The number of carbonyl (C=O) groups excluding carboxylic acids is 1. The van der Waals surface area contributed by atoms with Crippen LogP contribution in [0.2, 0.25) is 10.0 Å². The van der Waals surface area contributed by atoms with Crippen molar-refractivity contribution in [3.63, 3.8) is 0 Å². The first kappa shape index (κ1) is 17.7. The van der Waals surface area contributed by atoms with Crippen molar-refractivity contribution in [1.82, 2.24) is 5.32 Å². The quantitative estimate of drug-likeness (QED) is 0.626. The Morgan fingerprint density at radius 3 is 2.60 bits per heavy atom. The SMILES string of the molecule is C[C@H](NCC(=O)Nc1ccc(Cl)cc1Cl)c1cccc2ccccc12. The highest BCUT2D eigenvalue weighted by molar-refractivity contribution is 6.36. The van der Waals surface area contributed by atoms with E-state index in [2.05, 4.69) is 34.9 Å². The lowest BCUT2D eigenvalue weighted by Gasteiger charge is -2.16. The molecule has 0 aliphatic rings. The second-order valence-electron chi connectivity index (χ2n) is 5.84. The van der Waals surface area contributed by atoms with Gasteiger partial charge in [-0.2, -0.15) is 0 Å². The second kappa shape index (κ2) is 7.87. The lowest BCUT2D eigenvalue weighted by Crippen LogP contribution is -2.30. The van der Waals surface area contributed by atoms with E-state index in [0.717, 1.165) is 5.56 Å². The van der Waals surface area contributed by atoms with Crippen molar-refractivity contribution in [2.45, 2.75) is 13.0 Å². The molecule has 2 N–H and O–H groups in total. The van der Waals surface area contributed by atoms with Gasteiger partial charge >= 0.3 is 0 Å². The number of fused-ring (bicyclic) bond motifs is 1. The molecular weight excluding hydrogens is 355 g/mol. The maximum Gasteiger partial charge on any atom is 0.238 e. The molecule has 0 spiro atoms. The summed E-state index contributed by atoms with van der Waals surface area (Å²) in [6.07, 6.45) is 0. The van der Waals surface area contributed by atoms with Crippen LogP contribution in [-0.2, 0) is 4.79 Å². The molecular formula is C20H18Cl2N2O. The van der Waals surface area contributed by atoms with Crippen molar-refractivity contribution < 1.29 is 4.79 Å². The van der Waals surface area contributed by atoms with Crippen LogP contribution in [0.3, 0.4) is 0 Å². The molecule has 1 amide bonds. The van der Waals surface area contributed by atoms with E-state index in [1.54, 1.807) is 18.2 Å². The van der Waals surface area contributed by atoms with E-state index in [4.69, 9.17) is 23.2 Å². The Hall–Kier alpha value is -2.07. The number of carbonyl (C=O) groups is 1. The van der Waals surface area contributed by atoms with Crippen LogP contribution in [0.5, 0.6) is 0 Å². The van der Waals surface area contributed by atoms with Gasteiger partial charge < -0.3 is 10.6 Å². The van der Waals surface area contributed by atoms with Crippen LogP contribution in [0.15, 0.2) is 60.7 Å². The lowest BCUT2D eigenvalue weighted by atomic mass is 10.00. The minimum absolute atomic E-state index is 0.0394. The number of hydrogen-bond donors (Lipinski definition) is 2. The summed E-state index contributed by atoms with van der Waals surface area (Å²) in [4.78, 5) is 12.2. The summed E-state index contributed by atoms with van der Waals surface area (Å²) >= 11 is 11.9. The van der Waals surface area contributed by atoms with Gasteiger partial charge in [-0.25, -0.2) is 0 Å². The predicted octanol–water partition coefficient (Wildman–Crippen LogP) is 5.44. The molecule has 3 aromatic rings. The van der Waals surface area contributed by atoms with Gasteiger partial charge in [-0.05, 0) is 41.5 Å². The average molecular weight is 373 g/mol. The van der Waals surface area contributed by atoms with E-state index in [1.807, 2.05) is 25.1 Å². The van der Waals surface area contributed by atoms with Crippen LogP contribution in [-0.4, -0.2) is 12.5 Å². The third-order valence-electron chi connectivity index (χ3n) is 4.06. The molecule has 0 aliphatic heterocycles. The Labute approximate surface area is 156 Å². The molecule has 0 aliphatic carbocycles. The molecule has 3 aromatic carbocycles. The first-order chi connectivity index (χ1) is 12.0. The molecule has 0 fully saturated rings. The Morgan fingerprint density at radius 1 is 1.04 bits per heavy atom. The van der Waals surface area contributed by atoms with Crippen LogP contribution >= 0.6 is 23.2 Å². The first-order valence-corrected chi connectivity index (χ1v) is 8.76. The zero-order valence-corrected chi connectivity index (χ0v) is 15.2. The van der Waals surface area contributed by atoms with Crippen molar-refractivity contribution in [1.29, 1.82) is 0 Å². The van der Waals surface area contributed by atoms with E-state index in [9.17, 15) is 4.79 Å². The highest BCUT2D eigenvalue weighted by atomic mass is 35.5. The van der Waals surface area contributed by atoms with E-state index >= 15 is 0 Å². The highest BCUT2D eigenvalue weighted by Crippen LogP contribution is 2.26. The largest absolute Gasteiger partial charge is 0.324 e. The van der Waals surface area contributed by atoms with Gasteiger partial charge in [0, 0.05) is 11.1 Å². The van der Waals surface area contributed by atoms with Crippen LogP contribution in [0.1, 0.15) is 18.5 Å². The number of amides is 1. The minimum atomic E-state index is -0.156. The normalized spacial score (nSPS) is 12.1. The van der Waals surface area contributed by atoms with Gasteiger partial charge in [0.1, 0.15) is 0 Å². The second-order valence-corrected chi connectivity index (χ2v) is 6.69. The summed E-state index contributed by atoms with van der Waals surface area (Å²) in [5, 5.41) is 9.37. The van der Waals surface area contributed by atoms with Gasteiger partial charge in [-0.3, -0.25) is 4.79 Å². The van der Waals surface area contributed by atoms with Crippen LogP contribution in [0, 0.1) is 0 Å². The summed E-state index contributed by atoms with van der Waals surface area (Å²) in [5.41, 5.74) is 1.71. The van der Waals surface area contributed by atoms with Gasteiger partial charge in [0.2, 0.25) is 5.91 Å². The third kappa shape index (κ3) is 4.31. The topological polar surface area (TPSA) is 41.1 Å². The number of nitrogens with one attached hydrogen (secondary N) is 2. The first-order valence-electron chi connectivity index (χ1n) is 8.00. The third-order valence-corrected chi connectivity index (χ3v) is 4.61. The van der Waals surface area contributed by atoms with E-state index in [0.29, 0.717) is 15.7 Å². The van der Waals surface area contributed by atoms with E-state index in [1.165, 1.54) is 10.8 Å². The molecule has 0 saturated heterocycles. The predicted molar refractivity (Wildman–Crippen MR) is 105 cm³/mol. The Kier molecular flexibility index (Phi) is 5.59. The van der Waals surface area contributed by atoms with E-state index < -0.39 is 0 Å². The number of rotatable bonds is 5. The minimum Gasteiger partial charge on any atom is -0.324 e. The molecule has 1 atom stereocenters. The fraction of sp³-hybridized carbons (Fsp3) is 0.150. The van der Waals surface area contributed by atoms with Crippen molar-refractivity contribution >= 4 is 45.6 Å². The molecule has 0 radical (unpaired) electrons. The molecule has 0 unspecified atom stereocenters.